The number of allylic oxidation sites excluding steroid dienone is 2. The van der Waals surface area contributed by atoms with Crippen LogP contribution in [0.3, 0.4) is 0 Å². The smallest absolute Gasteiger partial charge is 0.232 e. The quantitative estimate of drug-likeness (QED) is 0.750. The van der Waals surface area contributed by atoms with Gasteiger partial charge in [0.2, 0.25) is 5.78 Å². The molecule has 0 spiro atoms. The van der Waals surface area contributed by atoms with Crippen molar-refractivity contribution in [3.63, 3.8) is 0 Å². The third-order valence-corrected chi connectivity index (χ3v) is 3.17. The van der Waals surface area contributed by atoms with Crippen LogP contribution in [0, 0.1) is 0 Å². The van der Waals surface area contributed by atoms with Crippen LogP contribution in [-0.2, 0) is 4.74 Å². The van der Waals surface area contributed by atoms with Crippen molar-refractivity contribution >= 4 is 11.6 Å². The zero-order valence-corrected chi connectivity index (χ0v) is 12.6. The van der Waals surface area contributed by atoms with Crippen LogP contribution in [0.4, 0.5) is 0 Å². The van der Waals surface area contributed by atoms with E-state index in [1.807, 2.05) is 0 Å². The van der Waals surface area contributed by atoms with E-state index < -0.39 is 11.6 Å². The van der Waals surface area contributed by atoms with Gasteiger partial charge in [-0.15, -0.1) is 0 Å². The highest BCUT2D eigenvalue weighted by atomic mass is 16.5. The maximum absolute atomic E-state index is 12.6. The predicted octanol–water partition coefficient (Wildman–Crippen LogP) is 2.18. The number of ketones is 2. The van der Waals surface area contributed by atoms with E-state index in [1.54, 1.807) is 0 Å². The predicted molar refractivity (Wildman–Crippen MR) is 79.0 cm³/mol. The van der Waals surface area contributed by atoms with Gasteiger partial charge in [0.05, 0.1) is 32.5 Å². The molecule has 6 heteroatoms. The van der Waals surface area contributed by atoms with Gasteiger partial charge in [0.1, 0.15) is 12.4 Å². The fourth-order valence-corrected chi connectivity index (χ4v) is 2.23. The SMILES string of the molecule is C=CCOC1=CC(=O)c2c(OC)cc(OC)c(OC)c2C1=O. The molecule has 0 unspecified atom stereocenters. The molecule has 0 radical (unpaired) electrons. The summed E-state index contributed by atoms with van der Waals surface area (Å²) in [5.74, 6) is -0.221. The Bertz CT molecular complexity index is 672. The molecule has 0 fully saturated rings. The third kappa shape index (κ3) is 2.43. The summed E-state index contributed by atoms with van der Waals surface area (Å²) >= 11 is 0. The molecule has 6 nitrogen and oxygen atoms in total. The molecule has 1 aromatic carbocycles. The summed E-state index contributed by atoms with van der Waals surface area (Å²) in [5.41, 5.74) is 0.210. The molecule has 0 saturated carbocycles. The van der Waals surface area contributed by atoms with Crippen molar-refractivity contribution in [1.29, 1.82) is 0 Å². The van der Waals surface area contributed by atoms with Crippen molar-refractivity contribution in [2.45, 2.75) is 0 Å². The first-order valence-electron chi connectivity index (χ1n) is 6.46. The first-order chi connectivity index (χ1) is 10.6. The normalized spacial score (nSPS) is 13.1. The van der Waals surface area contributed by atoms with Gasteiger partial charge < -0.3 is 18.9 Å². The van der Waals surface area contributed by atoms with Gasteiger partial charge in [0.15, 0.2) is 23.0 Å². The number of hydrogen-bond donors (Lipinski definition) is 0. The van der Waals surface area contributed by atoms with Gasteiger partial charge in [0.25, 0.3) is 0 Å². The molecule has 0 saturated heterocycles. The molecule has 2 rings (SSSR count). The number of fused-ring (bicyclic) bond motifs is 1. The minimum Gasteiger partial charge on any atom is -0.496 e. The minimum atomic E-state index is -0.467. The summed E-state index contributed by atoms with van der Waals surface area (Å²) < 4.78 is 20.9. The Morgan fingerprint density at radius 1 is 1.05 bits per heavy atom. The van der Waals surface area contributed by atoms with Gasteiger partial charge in [-0.25, -0.2) is 0 Å². The van der Waals surface area contributed by atoms with Crippen LogP contribution in [0.15, 0.2) is 30.6 Å². The zero-order valence-electron chi connectivity index (χ0n) is 12.6. The Morgan fingerprint density at radius 2 is 1.73 bits per heavy atom. The van der Waals surface area contributed by atoms with Crippen LogP contribution in [0.1, 0.15) is 20.7 Å². The Kier molecular flexibility index (Phi) is 4.50. The Morgan fingerprint density at radius 3 is 2.27 bits per heavy atom. The summed E-state index contributed by atoms with van der Waals surface area (Å²) in [6, 6.07) is 1.51. The van der Waals surface area contributed by atoms with Crippen LogP contribution in [0.5, 0.6) is 17.2 Å². The van der Waals surface area contributed by atoms with Crippen molar-refractivity contribution < 1.29 is 28.5 Å². The number of rotatable bonds is 6. The zero-order chi connectivity index (χ0) is 16.3. The summed E-state index contributed by atoms with van der Waals surface area (Å²) in [6.07, 6.45) is 2.63. The van der Waals surface area contributed by atoms with Gasteiger partial charge >= 0.3 is 0 Å². The maximum Gasteiger partial charge on any atom is 0.232 e. The fraction of sp³-hybridized carbons (Fsp3) is 0.250. The van der Waals surface area contributed by atoms with Gasteiger partial charge in [-0.3, -0.25) is 9.59 Å². The second-order valence-electron chi connectivity index (χ2n) is 4.37. The van der Waals surface area contributed by atoms with E-state index in [2.05, 4.69) is 6.58 Å². The fourth-order valence-electron chi connectivity index (χ4n) is 2.23. The minimum absolute atomic E-state index is 0.0639. The van der Waals surface area contributed by atoms with Gasteiger partial charge in [-0.2, -0.15) is 0 Å². The lowest BCUT2D eigenvalue weighted by Gasteiger charge is -2.21. The molecule has 0 heterocycles. The molecule has 1 aliphatic rings. The van der Waals surface area contributed by atoms with E-state index in [9.17, 15) is 9.59 Å². The van der Waals surface area contributed by atoms with Crippen LogP contribution < -0.4 is 14.2 Å². The highest BCUT2D eigenvalue weighted by Crippen LogP contribution is 2.42. The van der Waals surface area contributed by atoms with E-state index in [-0.39, 0.29) is 35.0 Å². The van der Waals surface area contributed by atoms with Gasteiger partial charge in [-0.1, -0.05) is 12.7 Å². The maximum atomic E-state index is 12.6. The molecule has 1 aromatic rings. The van der Waals surface area contributed by atoms with E-state index in [4.69, 9.17) is 18.9 Å². The van der Waals surface area contributed by atoms with Crippen molar-refractivity contribution in [3.8, 4) is 17.2 Å². The number of ether oxygens (including phenoxy) is 4. The topological polar surface area (TPSA) is 71.1 Å². The Labute approximate surface area is 127 Å². The third-order valence-electron chi connectivity index (χ3n) is 3.17. The first kappa shape index (κ1) is 15.6. The van der Waals surface area contributed by atoms with E-state index in [0.717, 1.165) is 6.08 Å². The molecule has 116 valence electrons. The molecule has 0 atom stereocenters. The van der Waals surface area contributed by atoms with Crippen molar-refractivity contribution in [2.24, 2.45) is 0 Å². The molecule has 0 bridgehead atoms. The van der Waals surface area contributed by atoms with Crippen molar-refractivity contribution in [2.75, 3.05) is 27.9 Å². The van der Waals surface area contributed by atoms with E-state index in [1.165, 1.54) is 33.5 Å². The molecular formula is C16H16O6. The summed E-state index contributed by atoms with van der Waals surface area (Å²) in [6.45, 7) is 3.62. The second-order valence-corrected chi connectivity index (χ2v) is 4.37. The lowest BCUT2D eigenvalue weighted by Crippen LogP contribution is -2.21. The average molecular weight is 304 g/mol. The van der Waals surface area contributed by atoms with E-state index in [0.29, 0.717) is 5.75 Å². The van der Waals surface area contributed by atoms with Crippen LogP contribution >= 0.6 is 0 Å². The molecule has 22 heavy (non-hydrogen) atoms. The first-order valence-corrected chi connectivity index (χ1v) is 6.46. The standard InChI is InChI=1S/C16H16O6/c1-5-6-22-11-7-9(17)13-10(19-2)8-12(20-3)16(21-4)14(13)15(11)18/h5,7-8H,1,6H2,2-4H3. The highest BCUT2D eigenvalue weighted by Gasteiger charge is 2.35. The molecule has 0 aliphatic heterocycles. The summed E-state index contributed by atoms with van der Waals surface area (Å²) in [5, 5.41) is 0. The lowest BCUT2D eigenvalue weighted by molar-refractivity contribution is 0.0895. The summed E-state index contributed by atoms with van der Waals surface area (Å²) in [7, 11) is 4.24. The largest absolute Gasteiger partial charge is 0.496 e. The van der Waals surface area contributed by atoms with Crippen molar-refractivity contribution in [3.05, 3.63) is 41.7 Å². The van der Waals surface area contributed by atoms with Gasteiger partial charge in [-0.05, 0) is 0 Å². The van der Waals surface area contributed by atoms with E-state index >= 15 is 0 Å². The van der Waals surface area contributed by atoms with Crippen LogP contribution in [0.2, 0.25) is 0 Å². The number of carbonyl (C=O) groups is 2. The van der Waals surface area contributed by atoms with Gasteiger partial charge in [0, 0.05) is 12.1 Å². The average Bonchev–Trinajstić information content (AvgIpc) is 2.54. The Balaban J connectivity index is 2.69. The number of hydrogen-bond acceptors (Lipinski definition) is 6. The number of benzene rings is 1. The number of carbonyl (C=O) groups excluding carboxylic acids is 2. The lowest BCUT2D eigenvalue weighted by atomic mass is 9.91. The second kappa shape index (κ2) is 6.34. The number of Topliss-reactive ketones (excluding diaryl/α,β-unsaturated/α-hetero) is 1. The van der Waals surface area contributed by atoms with Crippen LogP contribution in [-0.4, -0.2) is 39.5 Å². The summed E-state index contributed by atoms with van der Waals surface area (Å²) in [4.78, 5) is 25.0. The highest BCUT2D eigenvalue weighted by molar-refractivity contribution is 6.26. The molecule has 0 N–H and O–H groups in total. The molecular weight excluding hydrogens is 288 g/mol. The van der Waals surface area contributed by atoms with Crippen LogP contribution in [0.25, 0.3) is 0 Å². The monoisotopic (exact) mass is 304 g/mol. The number of methoxy groups -OCH3 is 3. The molecule has 1 aliphatic carbocycles. The Hall–Kier alpha value is -2.76. The molecule has 0 amide bonds. The van der Waals surface area contributed by atoms with Crippen molar-refractivity contribution in [1.82, 2.24) is 0 Å². The molecule has 0 aromatic heterocycles.